The zero-order valence-electron chi connectivity index (χ0n) is 16.2. The van der Waals surface area contributed by atoms with Crippen molar-refractivity contribution in [1.29, 1.82) is 0 Å². The van der Waals surface area contributed by atoms with Crippen molar-refractivity contribution in [2.24, 2.45) is 0 Å². The molecule has 3 rings (SSSR count). The largest absolute Gasteiger partial charge is 0.370 e. The molecule has 1 aliphatic rings. The Labute approximate surface area is 162 Å². The number of nitrogens with one attached hydrogen (secondary N) is 2. The topological polar surface area (TPSA) is 66.9 Å². The van der Waals surface area contributed by atoms with E-state index in [9.17, 15) is 4.79 Å². The molecule has 0 radical (unpaired) electrons. The maximum atomic E-state index is 12.6. The van der Waals surface area contributed by atoms with Gasteiger partial charge < -0.3 is 10.6 Å². The second-order valence-corrected chi connectivity index (χ2v) is 7.36. The van der Waals surface area contributed by atoms with E-state index in [0.29, 0.717) is 11.5 Å². The third-order valence-electron chi connectivity index (χ3n) is 5.05. The first kappa shape index (κ1) is 19.3. The molecule has 0 spiro atoms. The molecule has 1 aliphatic carbocycles. The van der Waals surface area contributed by atoms with Crippen molar-refractivity contribution in [2.45, 2.75) is 64.3 Å². The van der Waals surface area contributed by atoms with Gasteiger partial charge in [-0.1, -0.05) is 56.0 Å². The van der Waals surface area contributed by atoms with Gasteiger partial charge in [0.2, 0.25) is 0 Å². The number of hydrogen-bond donors (Lipinski definition) is 2. The molecule has 5 nitrogen and oxygen atoms in total. The molecule has 1 saturated carbocycles. The van der Waals surface area contributed by atoms with Crippen LogP contribution in [-0.2, 0) is 6.42 Å². The van der Waals surface area contributed by atoms with E-state index in [4.69, 9.17) is 0 Å². The van der Waals surface area contributed by atoms with Crippen LogP contribution in [0.15, 0.2) is 36.4 Å². The number of rotatable bonds is 7. The molecular formula is C22H30N4O. The molecule has 2 N–H and O–H groups in total. The van der Waals surface area contributed by atoms with E-state index in [-0.39, 0.29) is 11.9 Å². The predicted octanol–water partition coefficient (Wildman–Crippen LogP) is 4.28. The van der Waals surface area contributed by atoms with Crippen LogP contribution in [0, 0.1) is 6.92 Å². The van der Waals surface area contributed by atoms with Gasteiger partial charge in [-0.2, -0.15) is 0 Å². The Balaban J connectivity index is 1.52. The summed E-state index contributed by atoms with van der Waals surface area (Å²) in [7, 11) is 0. The maximum absolute atomic E-state index is 12.6. The molecule has 0 aliphatic heterocycles. The number of benzene rings is 1. The lowest BCUT2D eigenvalue weighted by Crippen LogP contribution is -2.35. The minimum atomic E-state index is -0.0836. The standard InChI is InChI=1S/C22H30N4O/c1-17-24-20(22(27)26-19-13-7-2-3-8-14-19)16-21(25-17)23-15-9-12-18-10-5-4-6-11-18/h4-6,10-11,16,19H,2-3,7-9,12-15H2,1H3,(H,26,27)(H,23,24,25). The number of aryl methyl sites for hydroxylation is 2. The van der Waals surface area contributed by atoms with Crippen LogP contribution in [0.3, 0.4) is 0 Å². The van der Waals surface area contributed by atoms with Gasteiger partial charge in [0.15, 0.2) is 0 Å². The second kappa shape index (κ2) is 10.0. The summed E-state index contributed by atoms with van der Waals surface area (Å²) in [6, 6.07) is 12.5. The predicted molar refractivity (Wildman–Crippen MR) is 109 cm³/mol. The highest BCUT2D eigenvalue weighted by Crippen LogP contribution is 2.18. The van der Waals surface area contributed by atoms with Crippen LogP contribution in [0.1, 0.15) is 66.8 Å². The first-order valence-electron chi connectivity index (χ1n) is 10.1. The third kappa shape index (κ3) is 6.35. The number of carbonyl (C=O) groups is 1. The molecule has 1 aromatic carbocycles. The first-order valence-corrected chi connectivity index (χ1v) is 10.1. The molecule has 2 aromatic rings. The van der Waals surface area contributed by atoms with Crippen LogP contribution < -0.4 is 10.6 Å². The van der Waals surface area contributed by atoms with Gasteiger partial charge in [0.1, 0.15) is 17.3 Å². The zero-order valence-corrected chi connectivity index (χ0v) is 16.2. The molecule has 27 heavy (non-hydrogen) atoms. The number of hydrogen-bond acceptors (Lipinski definition) is 4. The monoisotopic (exact) mass is 366 g/mol. The number of carbonyl (C=O) groups excluding carboxylic acids is 1. The lowest BCUT2D eigenvalue weighted by Gasteiger charge is -2.16. The van der Waals surface area contributed by atoms with E-state index in [1.807, 2.05) is 13.0 Å². The maximum Gasteiger partial charge on any atom is 0.270 e. The Morgan fingerprint density at radius 1 is 1.07 bits per heavy atom. The van der Waals surface area contributed by atoms with Crippen LogP contribution in [-0.4, -0.2) is 28.5 Å². The van der Waals surface area contributed by atoms with Gasteiger partial charge in [-0.3, -0.25) is 4.79 Å². The van der Waals surface area contributed by atoms with Gasteiger partial charge in [0.25, 0.3) is 5.91 Å². The molecule has 0 saturated heterocycles. The Kier molecular flexibility index (Phi) is 7.19. The van der Waals surface area contributed by atoms with Crippen molar-refractivity contribution in [1.82, 2.24) is 15.3 Å². The van der Waals surface area contributed by atoms with Crippen LogP contribution in [0.4, 0.5) is 5.82 Å². The van der Waals surface area contributed by atoms with E-state index in [1.165, 1.54) is 31.2 Å². The molecule has 144 valence electrons. The van der Waals surface area contributed by atoms with E-state index in [0.717, 1.165) is 38.0 Å². The fraction of sp³-hybridized carbons (Fsp3) is 0.500. The number of aromatic nitrogens is 2. The molecule has 0 atom stereocenters. The van der Waals surface area contributed by atoms with Crippen molar-refractivity contribution in [3.63, 3.8) is 0 Å². The third-order valence-corrected chi connectivity index (χ3v) is 5.05. The van der Waals surface area contributed by atoms with Crippen LogP contribution in [0.2, 0.25) is 0 Å². The van der Waals surface area contributed by atoms with Gasteiger partial charge in [0, 0.05) is 18.7 Å². The Morgan fingerprint density at radius 3 is 2.56 bits per heavy atom. The smallest absolute Gasteiger partial charge is 0.270 e. The Hall–Kier alpha value is -2.43. The SMILES string of the molecule is Cc1nc(NCCCc2ccccc2)cc(C(=O)NC2CCCCCC2)n1. The minimum absolute atomic E-state index is 0.0836. The van der Waals surface area contributed by atoms with Gasteiger partial charge in [-0.25, -0.2) is 9.97 Å². The number of amides is 1. The molecule has 1 heterocycles. The summed E-state index contributed by atoms with van der Waals surface area (Å²) in [4.78, 5) is 21.4. The lowest BCUT2D eigenvalue weighted by atomic mass is 10.1. The lowest BCUT2D eigenvalue weighted by molar-refractivity contribution is 0.0928. The van der Waals surface area contributed by atoms with Gasteiger partial charge in [-0.05, 0) is 38.2 Å². The summed E-state index contributed by atoms with van der Waals surface area (Å²) in [6.07, 6.45) is 9.11. The summed E-state index contributed by atoms with van der Waals surface area (Å²) in [5.74, 6) is 1.26. The molecule has 1 amide bonds. The summed E-state index contributed by atoms with van der Waals surface area (Å²) in [5.41, 5.74) is 1.79. The minimum Gasteiger partial charge on any atom is -0.370 e. The van der Waals surface area contributed by atoms with Gasteiger partial charge in [0.05, 0.1) is 0 Å². The highest BCUT2D eigenvalue weighted by atomic mass is 16.1. The average Bonchev–Trinajstić information content (AvgIpc) is 2.94. The fourth-order valence-corrected chi connectivity index (χ4v) is 3.61. The first-order chi connectivity index (χ1) is 13.2. The molecule has 5 heteroatoms. The summed E-state index contributed by atoms with van der Waals surface area (Å²) in [5, 5.41) is 6.49. The van der Waals surface area contributed by atoms with E-state index in [2.05, 4.69) is 44.9 Å². The molecule has 1 fully saturated rings. The van der Waals surface area contributed by atoms with E-state index in [1.54, 1.807) is 6.07 Å². The quantitative estimate of drug-likeness (QED) is 0.567. The normalized spacial score (nSPS) is 15.1. The highest BCUT2D eigenvalue weighted by Gasteiger charge is 2.17. The van der Waals surface area contributed by atoms with Crippen molar-refractivity contribution in [3.05, 3.63) is 53.5 Å². The van der Waals surface area contributed by atoms with Crippen molar-refractivity contribution < 1.29 is 4.79 Å². The average molecular weight is 367 g/mol. The number of nitrogens with zero attached hydrogens (tertiary/aromatic N) is 2. The van der Waals surface area contributed by atoms with Crippen molar-refractivity contribution >= 4 is 11.7 Å². The highest BCUT2D eigenvalue weighted by molar-refractivity contribution is 5.93. The van der Waals surface area contributed by atoms with Crippen molar-refractivity contribution in [3.8, 4) is 0 Å². The van der Waals surface area contributed by atoms with Crippen LogP contribution in [0.25, 0.3) is 0 Å². The second-order valence-electron chi connectivity index (χ2n) is 7.36. The van der Waals surface area contributed by atoms with Crippen molar-refractivity contribution in [2.75, 3.05) is 11.9 Å². The Bertz CT molecular complexity index is 724. The molecule has 0 bridgehead atoms. The molecule has 1 aromatic heterocycles. The molecule has 0 unspecified atom stereocenters. The van der Waals surface area contributed by atoms with E-state index >= 15 is 0 Å². The number of anilines is 1. The zero-order chi connectivity index (χ0) is 18.9. The van der Waals surface area contributed by atoms with E-state index < -0.39 is 0 Å². The summed E-state index contributed by atoms with van der Waals surface area (Å²) >= 11 is 0. The van der Waals surface area contributed by atoms with Gasteiger partial charge >= 0.3 is 0 Å². The molecular weight excluding hydrogens is 336 g/mol. The van der Waals surface area contributed by atoms with Crippen LogP contribution in [0.5, 0.6) is 0 Å². The Morgan fingerprint density at radius 2 is 1.81 bits per heavy atom. The van der Waals surface area contributed by atoms with Crippen LogP contribution >= 0.6 is 0 Å². The summed E-state index contributed by atoms with van der Waals surface area (Å²) < 4.78 is 0. The fourth-order valence-electron chi connectivity index (χ4n) is 3.61. The summed E-state index contributed by atoms with van der Waals surface area (Å²) in [6.45, 7) is 2.65. The van der Waals surface area contributed by atoms with Gasteiger partial charge in [-0.15, -0.1) is 0 Å².